The molecule has 0 atom stereocenters. The van der Waals surface area contributed by atoms with Gasteiger partial charge in [0.15, 0.2) is 0 Å². The van der Waals surface area contributed by atoms with E-state index in [4.69, 9.17) is 0 Å². The van der Waals surface area contributed by atoms with E-state index in [1.165, 1.54) is 18.0 Å². The molecule has 116 valence electrons. The lowest BCUT2D eigenvalue weighted by atomic mass is 10.1. The predicted molar refractivity (Wildman–Crippen MR) is 74.8 cm³/mol. The second-order valence-electron chi connectivity index (χ2n) is 4.28. The highest BCUT2D eigenvalue weighted by molar-refractivity contribution is 9.10. The molecule has 0 spiro atoms. The van der Waals surface area contributed by atoms with Gasteiger partial charge in [-0.2, -0.15) is 13.2 Å². The first-order valence-corrected chi connectivity index (χ1v) is 6.85. The maximum absolute atomic E-state index is 12.9. The van der Waals surface area contributed by atoms with Crippen molar-refractivity contribution in [3.05, 3.63) is 33.8 Å². The molecule has 0 saturated heterocycles. The summed E-state index contributed by atoms with van der Waals surface area (Å²) in [4.78, 5) is 24.7. The summed E-state index contributed by atoms with van der Waals surface area (Å²) in [6.07, 6.45) is -4.65. The molecule has 8 heteroatoms. The van der Waals surface area contributed by atoms with E-state index < -0.39 is 23.2 Å². The summed E-state index contributed by atoms with van der Waals surface area (Å²) in [5.74, 6) is -1.32. The van der Waals surface area contributed by atoms with Gasteiger partial charge in [0.05, 0.1) is 17.7 Å². The molecule has 4 nitrogen and oxygen atoms in total. The van der Waals surface area contributed by atoms with Crippen LogP contribution in [0.3, 0.4) is 0 Å². The molecule has 0 fully saturated rings. The first-order valence-electron chi connectivity index (χ1n) is 6.05. The van der Waals surface area contributed by atoms with Crippen molar-refractivity contribution in [2.45, 2.75) is 13.1 Å². The predicted octanol–water partition coefficient (Wildman–Crippen LogP) is 2.68. The number of rotatable bonds is 4. The summed E-state index contributed by atoms with van der Waals surface area (Å²) < 4.78 is 38.9. The van der Waals surface area contributed by atoms with E-state index in [1.807, 2.05) is 0 Å². The molecule has 0 bridgehead atoms. The second-order valence-corrected chi connectivity index (χ2v) is 5.19. The maximum Gasteiger partial charge on any atom is 0.417 e. The van der Waals surface area contributed by atoms with E-state index in [1.54, 1.807) is 6.92 Å². The lowest BCUT2D eigenvalue weighted by Crippen LogP contribution is -2.38. The Kier molecular flexibility index (Phi) is 5.77. The highest BCUT2D eigenvalue weighted by atomic mass is 79.9. The molecule has 0 heterocycles. The van der Waals surface area contributed by atoms with Gasteiger partial charge in [0.25, 0.3) is 5.91 Å². The summed E-state index contributed by atoms with van der Waals surface area (Å²) in [7, 11) is 1.54. The van der Waals surface area contributed by atoms with Crippen LogP contribution in [0, 0.1) is 0 Å². The Balaban J connectivity index is 2.91. The van der Waals surface area contributed by atoms with Gasteiger partial charge in [0.1, 0.15) is 0 Å². The Morgan fingerprint density at radius 3 is 2.48 bits per heavy atom. The molecule has 0 saturated carbocycles. The fourth-order valence-electron chi connectivity index (χ4n) is 1.51. The Morgan fingerprint density at radius 1 is 1.33 bits per heavy atom. The minimum Gasteiger partial charge on any atom is -0.345 e. The summed E-state index contributed by atoms with van der Waals surface area (Å²) in [6.45, 7) is 1.84. The number of amides is 2. The number of nitrogens with zero attached hydrogens (tertiary/aromatic N) is 1. The van der Waals surface area contributed by atoms with Crippen LogP contribution in [0.25, 0.3) is 0 Å². The van der Waals surface area contributed by atoms with Crippen molar-refractivity contribution in [2.75, 3.05) is 20.1 Å². The number of nitrogens with one attached hydrogen (secondary N) is 1. The van der Waals surface area contributed by atoms with Crippen molar-refractivity contribution in [1.82, 2.24) is 10.2 Å². The zero-order valence-corrected chi connectivity index (χ0v) is 13.0. The number of carbonyl (C=O) groups excluding carboxylic acids is 2. The van der Waals surface area contributed by atoms with E-state index >= 15 is 0 Å². The van der Waals surface area contributed by atoms with Gasteiger partial charge in [-0.15, -0.1) is 0 Å². The fourth-order valence-corrected chi connectivity index (χ4v) is 1.87. The lowest BCUT2D eigenvalue weighted by molar-refractivity contribution is -0.138. The van der Waals surface area contributed by atoms with Gasteiger partial charge in [0, 0.05) is 18.1 Å². The van der Waals surface area contributed by atoms with Crippen molar-refractivity contribution in [2.24, 2.45) is 0 Å². The molecule has 1 N–H and O–H groups in total. The quantitative estimate of drug-likeness (QED) is 0.890. The normalized spacial score (nSPS) is 11.1. The van der Waals surface area contributed by atoms with Crippen LogP contribution in [0.1, 0.15) is 22.8 Å². The molecule has 0 aromatic heterocycles. The van der Waals surface area contributed by atoms with Crippen LogP contribution in [0.5, 0.6) is 0 Å². The average molecular weight is 367 g/mol. The van der Waals surface area contributed by atoms with Crippen molar-refractivity contribution in [1.29, 1.82) is 0 Å². The summed E-state index contributed by atoms with van der Waals surface area (Å²) in [5.41, 5.74) is -1.57. The molecular weight excluding hydrogens is 353 g/mol. The third-order valence-electron chi connectivity index (χ3n) is 2.83. The largest absolute Gasteiger partial charge is 0.417 e. The minimum atomic E-state index is -4.65. The maximum atomic E-state index is 12.9. The Hall–Kier alpha value is -1.57. The summed E-state index contributed by atoms with van der Waals surface area (Å²) in [5, 5.41) is 2.20. The first-order chi connectivity index (χ1) is 9.66. The average Bonchev–Trinajstić information content (AvgIpc) is 2.42. The van der Waals surface area contributed by atoms with Crippen molar-refractivity contribution in [3.8, 4) is 0 Å². The van der Waals surface area contributed by atoms with Crippen LogP contribution >= 0.6 is 15.9 Å². The van der Waals surface area contributed by atoms with E-state index in [9.17, 15) is 22.8 Å². The van der Waals surface area contributed by atoms with E-state index in [-0.39, 0.29) is 16.9 Å². The van der Waals surface area contributed by atoms with E-state index in [0.717, 1.165) is 12.1 Å². The second kappa shape index (κ2) is 6.93. The standard InChI is InChI=1S/C13H14BrF3N2O2/c1-3-19(2)11(20)7-18-12(21)9-5-4-8(14)6-10(9)13(15,16)17/h4-6H,3,7H2,1-2H3,(H,18,21). The molecule has 1 rings (SSSR count). The van der Waals surface area contributed by atoms with Crippen molar-refractivity contribution in [3.63, 3.8) is 0 Å². The Labute approximate surface area is 128 Å². The van der Waals surface area contributed by atoms with Gasteiger partial charge in [-0.05, 0) is 25.1 Å². The van der Waals surface area contributed by atoms with Crippen LogP contribution in [0.2, 0.25) is 0 Å². The number of alkyl halides is 3. The van der Waals surface area contributed by atoms with Crippen LogP contribution < -0.4 is 5.32 Å². The SMILES string of the molecule is CCN(C)C(=O)CNC(=O)c1ccc(Br)cc1C(F)(F)F. The van der Waals surface area contributed by atoms with E-state index in [2.05, 4.69) is 21.2 Å². The molecule has 0 aliphatic heterocycles. The number of halogens is 4. The van der Waals surface area contributed by atoms with Gasteiger partial charge in [-0.25, -0.2) is 0 Å². The van der Waals surface area contributed by atoms with Gasteiger partial charge < -0.3 is 10.2 Å². The number of benzene rings is 1. The van der Waals surface area contributed by atoms with Gasteiger partial charge in [0.2, 0.25) is 5.91 Å². The molecule has 2 amide bonds. The van der Waals surface area contributed by atoms with E-state index in [0.29, 0.717) is 6.54 Å². The van der Waals surface area contributed by atoms with Crippen molar-refractivity contribution >= 4 is 27.7 Å². The Morgan fingerprint density at radius 2 is 1.95 bits per heavy atom. The molecule has 0 unspecified atom stereocenters. The molecule has 1 aromatic rings. The highest BCUT2D eigenvalue weighted by Crippen LogP contribution is 2.33. The molecular formula is C13H14BrF3N2O2. The fraction of sp³-hybridized carbons (Fsp3) is 0.385. The van der Waals surface area contributed by atoms with Crippen molar-refractivity contribution < 1.29 is 22.8 Å². The third-order valence-corrected chi connectivity index (χ3v) is 3.33. The van der Waals surface area contributed by atoms with Crippen LogP contribution in [-0.4, -0.2) is 36.9 Å². The summed E-state index contributed by atoms with van der Waals surface area (Å²) in [6, 6.07) is 3.23. The van der Waals surface area contributed by atoms with Gasteiger partial charge >= 0.3 is 6.18 Å². The smallest absolute Gasteiger partial charge is 0.345 e. The van der Waals surface area contributed by atoms with Gasteiger partial charge in [-0.3, -0.25) is 9.59 Å². The molecule has 0 aliphatic rings. The molecule has 0 radical (unpaired) electrons. The Bertz CT molecular complexity index is 547. The zero-order valence-electron chi connectivity index (χ0n) is 11.4. The number of hydrogen-bond donors (Lipinski definition) is 1. The minimum absolute atomic E-state index is 0.216. The monoisotopic (exact) mass is 366 g/mol. The summed E-state index contributed by atoms with van der Waals surface area (Å²) >= 11 is 2.94. The molecule has 0 aliphatic carbocycles. The number of hydrogen-bond acceptors (Lipinski definition) is 2. The van der Waals surface area contributed by atoms with Crippen LogP contribution in [-0.2, 0) is 11.0 Å². The third kappa shape index (κ3) is 4.73. The first kappa shape index (κ1) is 17.5. The highest BCUT2D eigenvalue weighted by Gasteiger charge is 2.35. The van der Waals surface area contributed by atoms with Crippen LogP contribution in [0.15, 0.2) is 22.7 Å². The number of likely N-dealkylation sites (N-methyl/N-ethyl adjacent to an activating group) is 1. The van der Waals surface area contributed by atoms with Gasteiger partial charge in [-0.1, -0.05) is 15.9 Å². The van der Waals surface area contributed by atoms with Crippen LogP contribution in [0.4, 0.5) is 13.2 Å². The zero-order chi connectivity index (χ0) is 16.2. The lowest BCUT2D eigenvalue weighted by Gasteiger charge is -2.16. The topological polar surface area (TPSA) is 49.4 Å². The molecule has 1 aromatic carbocycles. The molecule has 21 heavy (non-hydrogen) atoms. The number of carbonyl (C=O) groups is 2.